The third-order valence-corrected chi connectivity index (χ3v) is 5.84. The van der Waals surface area contributed by atoms with Crippen molar-refractivity contribution in [1.29, 1.82) is 0 Å². The number of thiophene rings is 2. The smallest absolute Gasteiger partial charge is 0.343 e. The molecule has 0 unspecified atom stereocenters. The summed E-state index contributed by atoms with van der Waals surface area (Å²) in [5.41, 5.74) is 0.137. The highest BCUT2D eigenvalue weighted by molar-refractivity contribution is 7.14. The van der Waals surface area contributed by atoms with E-state index in [9.17, 15) is 9.59 Å². The van der Waals surface area contributed by atoms with E-state index in [2.05, 4.69) is 0 Å². The van der Waals surface area contributed by atoms with Gasteiger partial charge in [-0.15, -0.1) is 22.7 Å². The van der Waals surface area contributed by atoms with Crippen LogP contribution < -0.4 is 0 Å². The fraction of sp³-hybridized carbons (Fsp3) is 0.300. The van der Waals surface area contributed by atoms with Gasteiger partial charge in [-0.25, -0.2) is 9.59 Å². The Morgan fingerprint density at radius 3 is 1.52 bits per heavy atom. The number of carbonyl (C=O) groups is 2. The minimum absolute atomic E-state index is 0.0523. The molecule has 0 aromatic carbocycles. The Kier molecular flexibility index (Phi) is 6.40. The van der Waals surface area contributed by atoms with Crippen molar-refractivity contribution in [2.45, 2.75) is 0 Å². The average molecular weight is 434 g/mol. The molecule has 0 spiro atoms. The molecule has 4 heterocycles. The number of rotatable bonds is 2. The van der Waals surface area contributed by atoms with Gasteiger partial charge < -0.3 is 23.4 Å². The summed E-state index contributed by atoms with van der Waals surface area (Å²) in [6, 6.07) is 7.33. The van der Waals surface area contributed by atoms with Crippen molar-refractivity contribution in [3.63, 3.8) is 0 Å². The van der Waals surface area contributed by atoms with Gasteiger partial charge >= 0.3 is 11.9 Å². The largest absolute Gasteiger partial charge is 0.460 e. The Bertz CT molecular complexity index is 881. The first kappa shape index (κ1) is 19.8. The van der Waals surface area contributed by atoms with Gasteiger partial charge in [-0.1, -0.05) is 12.1 Å². The van der Waals surface area contributed by atoms with Crippen LogP contribution in [0.3, 0.4) is 0 Å². The predicted octanol–water partition coefficient (Wildman–Crippen LogP) is 4.10. The molecule has 3 aromatic rings. The lowest BCUT2D eigenvalue weighted by atomic mass is 10.1. The zero-order valence-electron chi connectivity index (χ0n) is 15.4. The number of hydrogen-bond acceptors (Lipinski definition) is 9. The number of cyclic esters (lactones) is 2. The summed E-state index contributed by atoms with van der Waals surface area (Å²) in [6.45, 7) is 1.31. The molecule has 4 rings (SSSR count). The summed E-state index contributed by atoms with van der Waals surface area (Å²) in [4.78, 5) is 27.3. The molecular formula is C20H18O7S2. The van der Waals surface area contributed by atoms with E-state index in [1.165, 1.54) is 22.7 Å². The van der Waals surface area contributed by atoms with Gasteiger partial charge in [0.25, 0.3) is 0 Å². The standard InChI is InChI=1S/C20H18O7S2/c21-19-15-16(20(22)26-10-8-24-6-5-23-7-9-25-19)18(14-4-2-12-29-14)27-17(15)13-3-1-11-28-13/h1-4,11-12H,5-10H2. The lowest BCUT2D eigenvalue weighted by Gasteiger charge is -2.10. The van der Waals surface area contributed by atoms with Crippen LogP contribution in [0.1, 0.15) is 20.7 Å². The van der Waals surface area contributed by atoms with E-state index in [1.807, 2.05) is 35.0 Å². The molecule has 29 heavy (non-hydrogen) atoms. The van der Waals surface area contributed by atoms with Crippen molar-refractivity contribution in [2.24, 2.45) is 0 Å². The predicted molar refractivity (Wildman–Crippen MR) is 108 cm³/mol. The normalized spacial score (nSPS) is 16.6. The summed E-state index contributed by atoms with van der Waals surface area (Å²) >= 11 is 2.81. The summed E-state index contributed by atoms with van der Waals surface area (Å²) in [5.74, 6) is -0.707. The molecule has 1 aliphatic heterocycles. The lowest BCUT2D eigenvalue weighted by Crippen LogP contribution is -2.19. The number of furan rings is 1. The quantitative estimate of drug-likeness (QED) is 0.562. The fourth-order valence-corrected chi connectivity index (χ4v) is 4.26. The van der Waals surface area contributed by atoms with Gasteiger partial charge in [0, 0.05) is 0 Å². The van der Waals surface area contributed by atoms with Crippen LogP contribution in [0.25, 0.3) is 21.3 Å². The second-order valence-electron chi connectivity index (χ2n) is 5.96. The number of esters is 2. The maximum Gasteiger partial charge on any atom is 0.343 e. The monoisotopic (exact) mass is 434 g/mol. The maximum absolute atomic E-state index is 13.0. The zero-order valence-corrected chi connectivity index (χ0v) is 17.0. The van der Waals surface area contributed by atoms with Crippen molar-refractivity contribution in [1.82, 2.24) is 0 Å². The number of carbonyl (C=O) groups excluding carboxylic acids is 2. The topological polar surface area (TPSA) is 84.2 Å². The molecule has 0 N–H and O–H groups in total. The minimum Gasteiger partial charge on any atom is -0.460 e. The van der Waals surface area contributed by atoms with E-state index in [0.717, 1.165) is 9.75 Å². The average Bonchev–Trinajstić information content (AvgIpc) is 3.47. The van der Waals surface area contributed by atoms with Gasteiger partial charge in [0.15, 0.2) is 11.5 Å². The van der Waals surface area contributed by atoms with Crippen molar-refractivity contribution >= 4 is 34.6 Å². The molecule has 152 valence electrons. The van der Waals surface area contributed by atoms with Crippen molar-refractivity contribution < 1.29 is 33.0 Å². The molecule has 1 aliphatic rings. The fourth-order valence-electron chi connectivity index (χ4n) is 2.84. The first-order chi connectivity index (χ1) is 14.3. The van der Waals surface area contributed by atoms with Gasteiger partial charge in [0.05, 0.1) is 36.2 Å². The molecule has 0 bridgehead atoms. The Morgan fingerprint density at radius 1 is 0.655 bits per heavy atom. The van der Waals surface area contributed by atoms with Gasteiger partial charge in [0.2, 0.25) is 0 Å². The SMILES string of the molecule is O=C1OCCOCCOCCOC(=O)c2c(-c3cccs3)oc(-c3cccs3)c21. The highest BCUT2D eigenvalue weighted by Crippen LogP contribution is 2.41. The molecule has 0 amide bonds. The first-order valence-corrected chi connectivity index (χ1v) is 10.8. The molecule has 0 aliphatic carbocycles. The van der Waals surface area contributed by atoms with E-state index in [-0.39, 0.29) is 37.6 Å². The molecule has 9 heteroatoms. The van der Waals surface area contributed by atoms with E-state index in [0.29, 0.717) is 24.7 Å². The maximum atomic E-state index is 13.0. The van der Waals surface area contributed by atoms with Gasteiger partial charge in [-0.2, -0.15) is 0 Å². The Balaban J connectivity index is 1.82. The van der Waals surface area contributed by atoms with Gasteiger partial charge in [0.1, 0.15) is 24.3 Å². The van der Waals surface area contributed by atoms with Crippen LogP contribution in [0.15, 0.2) is 39.4 Å². The highest BCUT2D eigenvalue weighted by Gasteiger charge is 2.34. The molecule has 0 saturated heterocycles. The Hall–Kier alpha value is -2.46. The lowest BCUT2D eigenvalue weighted by molar-refractivity contribution is 0.000552. The van der Waals surface area contributed by atoms with Gasteiger partial charge in [-0.3, -0.25) is 0 Å². The number of hydrogen-bond donors (Lipinski definition) is 0. The van der Waals surface area contributed by atoms with Crippen LogP contribution in [0.2, 0.25) is 0 Å². The van der Waals surface area contributed by atoms with E-state index in [4.69, 9.17) is 23.4 Å². The third kappa shape index (κ3) is 4.43. The van der Waals surface area contributed by atoms with Crippen molar-refractivity contribution in [3.05, 3.63) is 46.2 Å². The molecule has 0 radical (unpaired) electrons. The first-order valence-electron chi connectivity index (χ1n) is 9.00. The minimum atomic E-state index is -0.649. The molecule has 0 saturated carbocycles. The second kappa shape index (κ2) is 9.36. The summed E-state index contributed by atoms with van der Waals surface area (Å²) in [5, 5.41) is 3.74. The molecule has 7 nitrogen and oxygen atoms in total. The van der Waals surface area contributed by atoms with Crippen LogP contribution in [-0.4, -0.2) is 51.6 Å². The summed E-state index contributed by atoms with van der Waals surface area (Å²) < 4.78 is 27.5. The highest BCUT2D eigenvalue weighted by atomic mass is 32.1. The number of fused-ring (bicyclic) bond motifs is 1. The van der Waals surface area contributed by atoms with Gasteiger partial charge in [-0.05, 0) is 22.9 Å². The Morgan fingerprint density at radius 2 is 1.10 bits per heavy atom. The molecule has 3 aromatic heterocycles. The summed E-state index contributed by atoms with van der Waals surface area (Å²) in [6.07, 6.45) is 0. The summed E-state index contributed by atoms with van der Waals surface area (Å²) in [7, 11) is 0. The third-order valence-electron chi connectivity index (χ3n) is 4.10. The molecule has 0 fully saturated rings. The Labute approximate surface area is 174 Å². The molecular weight excluding hydrogens is 416 g/mol. The van der Waals surface area contributed by atoms with Crippen molar-refractivity contribution in [2.75, 3.05) is 39.6 Å². The second-order valence-corrected chi connectivity index (χ2v) is 7.86. The van der Waals surface area contributed by atoms with E-state index >= 15 is 0 Å². The van der Waals surface area contributed by atoms with Crippen LogP contribution in [0.4, 0.5) is 0 Å². The molecule has 0 atom stereocenters. The van der Waals surface area contributed by atoms with E-state index < -0.39 is 11.9 Å². The van der Waals surface area contributed by atoms with Crippen LogP contribution in [0, 0.1) is 0 Å². The van der Waals surface area contributed by atoms with Crippen LogP contribution in [0.5, 0.6) is 0 Å². The zero-order chi connectivity index (χ0) is 20.1. The van der Waals surface area contributed by atoms with Crippen LogP contribution in [-0.2, 0) is 18.9 Å². The van der Waals surface area contributed by atoms with E-state index in [1.54, 1.807) is 0 Å². The number of ether oxygens (including phenoxy) is 4. The van der Waals surface area contributed by atoms with Crippen molar-refractivity contribution in [3.8, 4) is 21.3 Å². The van der Waals surface area contributed by atoms with Crippen LogP contribution >= 0.6 is 22.7 Å².